The van der Waals surface area contributed by atoms with Gasteiger partial charge >= 0.3 is 0 Å². The maximum Gasteiger partial charge on any atom is 0.274 e. The highest BCUT2D eigenvalue weighted by atomic mass is 16.5. The number of carbonyl (C=O) groups is 1. The number of hydrogen-bond acceptors (Lipinski definition) is 4. The molecule has 2 aliphatic heterocycles. The molecule has 1 N–H and O–H groups in total. The summed E-state index contributed by atoms with van der Waals surface area (Å²) in [6.45, 7) is 1.22. The van der Waals surface area contributed by atoms with Gasteiger partial charge in [0.05, 0.1) is 12.8 Å². The first-order chi connectivity index (χ1) is 13.7. The lowest BCUT2D eigenvalue weighted by Gasteiger charge is -2.38. The monoisotopic (exact) mass is 381 g/mol. The van der Waals surface area contributed by atoms with Gasteiger partial charge in [-0.05, 0) is 68.1 Å². The summed E-state index contributed by atoms with van der Waals surface area (Å²) in [5, 5.41) is 7.26. The van der Waals surface area contributed by atoms with Gasteiger partial charge in [0.1, 0.15) is 6.61 Å². The number of H-pyrrole nitrogens is 1. The lowest BCUT2D eigenvalue weighted by Crippen LogP contribution is -2.42. The Kier molecular flexibility index (Phi) is 4.49. The number of nitrogens with zero attached hydrogens (tertiary/aromatic N) is 2. The van der Waals surface area contributed by atoms with Crippen LogP contribution < -0.4 is 9.47 Å². The smallest absolute Gasteiger partial charge is 0.274 e. The molecule has 1 amide bonds. The average Bonchev–Trinajstić information content (AvgIpc) is 3.09. The quantitative estimate of drug-likeness (QED) is 0.858. The molecule has 6 rings (SSSR count). The van der Waals surface area contributed by atoms with Crippen LogP contribution in [0.2, 0.25) is 0 Å². The molecule has 1 aromatic carbocycles. The van der Waals surface area contributed by atoms with Gasteiger partial charge in [-0.25, -0.2) is 0 Å². The number of benzene rings is 1. The van der Waals surface area contributed by atoms with Crippen LogP contribution >= 0.6 is 0 Å². The maximum atomic E-state index is 13.2. The molecule has 2 aromatic rings. The van der Waals surface area contributed by atoms with Gasteiger partial charge in [0.2, 0.25) is 0 Å². The van der Waals surface area contributed by atoms with Crippen LogP contribution in [0.3, 0.4) is 0 Å². The molecule has 148 valence electrons. The van der Waals surface area contributed by atoms with Gasteiger partial charge in [-0.3, -0.25) is 9.89 Å². The number of amides is 1. The van der Waals surface area contributed by atoms with Gasteiger partial charge in [-0.15, -0.1) is 0 Å². The number of methoxy groups -OCH3 is 1. The number of nitrogens with one attached hydrogen (secondary N) is 1. The fourth-order valence-electron chi connectivity index (χ4n) is 5.62. The highest BCUT2D eigenvalue weighted by Crippen LogP contribution is 2.47. The number of fused-ring (bicyclic) bond motifs is 1. The molecule has 6 heteroatoms. The summed E-state index contributed by atoms with van der Waals surface area (Å²) in [6.07, 6.45) is 6.33. The highest BCUT2D eigenvalue weighted by molar-refractivity contribution is 5.92. The zero-order chi connectivity index (χ0) is 19.1. The maximum absolute atomic E-state index is 13.2. The van der Waals surface area contributed by atoms with Gasteiger partial charge in [0, 0.05) is 12.6 Å². The lowest BCUT2D eigenvalue weighted by atomic mass is 9.68. The molecule has 4 fully saturated rings. The molecule has 28 heavy (non-hydrogen) atoms. The van der Waals surface area contributed by atoms with E-state index >= 15 is 0 Å². The van der Waals surface area contributed by atoms with Crippen molar-refractivity contribution in [2.45, 2.75) is 44.8 Å². The third-order valence-electron chi connectivity index (χ3n) is 6.67. The molecule has 3 heterocycles. The second-order valence-electron chi connectivity index (χ2n) is 8.61. The Bertz CT molecular complexity index is 850. The van der Waals surface area contributed by atoms with E-state index in [4.69, 9.17) is 9.47 Å². The van der Waals surface area contributed by atoms with Crippen LogP contribution in [0.4, 0.5) is 0 Å². The van der Waals surface area contributed by atoms with Crippen LogP contribution in [0.1, 0.15) is 48.3 Å². The van der Waals surface area contributed by atoms with Crippen LogP contribution in [-0.2, 0) is 6.61 Å². The molecule has 1 aromatic heterocycles. The fraction of sp³-hybridized carbons (Fsp3) is 0.545. The molecule has 4 aliphatic rings. The van der Waals surface area contributed by atoms with Crippen molar-refractivity contribution in [3.8, 4) is 11.5 Å². The number of aromatic amines is 1. The molecule has 2 unspecified atom stereocenters. The molecular formula is C22H27N3O3. The van der Waals surface area contributed by atoms with E-state index in [0.29, 0.717) is 35.8 Å². The first-order valence-corrected chi connectivity index (χ1v) is 10.3. The summed E-state index contributed by atoms with van der Waals surface area (Å²) < 4.78 is 11.1. The summed E-state index contributed by atoms with van der Waals surface area (Å²) in [4.78, 5) is 15.3. The van der Waals surface area contributed by atoms with E-state index < -0.39 is 0 Å². The lowest BCUT2D eigenvalue weighted by molar-refractivity contribution is 0.0626. The Morgan fingerprint density at radius 2 is 1.82 bits per heavy atom. The second-order valence-corrected chi connectivity index (χ2v) is 8.61. The predicted molar refractivity (Wildman–Crippen MR) is 104 cm³/mol. The third kappa shape index (κ3) is 3.25. The van der Waals surface area contributed by atoms with Crippen molar-refractivity contribution < 1.29 is 14.3 Å². The van der Waals surface area contributed by atoms with Crippen molar-refractivity contribution in [3.05, 3.63) is 41.7 Å². The fourth-order valence-corrected chi connectivity index (χ4v) is 5.62. The average molecular weight is 381 g/mol. The molecular weight excluding hydrogens is 354 g/mol. The van der Waals surface area contributed by atoms with Crippen LogP contribution in [-0.4, -0.2) is 40.7 Å². The van der Waals surface area contributed by atoms with Crippen molar-refractivity contribution in [3.63, 3.8) is 0 Å². The van der Waals surface area contributed by atoms with E-state index in [9.17, 15) is 4.79 Å². The zero-order valence-electron chi connectivity index (χ0n) is 16.3. The van der Waals surface area contributed by atoms with Crippen molar-refractivity contribution >= 4 is 5.91 Å². The molecule has 2 saturated heterocycles. The summed E-state index contributed by atoms with van der Waals surface area (Å²) in [6, 6.07) is 9.76. The van der Waals surface area contributed by atoms with E-state index in [2.05, 4.69) is 15.1 Å². The first-order valence-electron chi connectivity index (χ1n) is 10.3. The minimum Gasteiger partial charge on any atom is -0.493 e. The van der Waals surface area contributed by atoms with E-state index in [1.165, 1.54) is 32.1 Å². The van der Waals surface area contributed by atoms with E-state index in [1.54, 1.807) is 7.11 Å². The van der Waals surface area contributed by atoms with Crippen LogP contribution in [0.15, 0.2) is 30.3 Å². The van der Waals surface area contributed by atoms with Crippen molar-refractivity contribution in [2.24, 2.45) is 17.8 Å². The van der Waals surface area contributed by atoms with Gasteiger partial charge in [0.15, 0.2) is 17.2 Å². The minimum atomic E-state index is 0.0676. The highest BCUT2D eigenvalue weighted by Gasteiger charge is 2.44. The molecule has 6 nitrogen and oxygen atoms in total. The van der Waals surface area contributed by atoms with E-state index in [-0.39, 0.29) is 5.91 Å². The topological polar surface area (TPSA) is 67.5 Å². The Morgan fingerprint density at radius 3 is 2.57 bits per heavy atom. The number of carbonyl (C=O) groups excluding carboxylic acids is 1. The normalized spacial score (nSPS) is 28.2. The number of aromatic nitrogens is 2. The number of hydrogen-bond donors (Lipinski definition) is 1. The number of para-hydroxylation sites is 2. The largest absolute Gasteiger partial charge is 0.493 e. The third-order valence-corrected chi connectivity index (χ3v) is 6.67. The predicted octanol–water partition coefficient (Wildman–Crippen LogP) is 3.65. The number of rotatable bonds is 5. The van der Waals surface area contributed by atoms with Crippen LogP contribution in [0, 0.1) is 17.8 Å². The zero-order valence-corrected chi connectivity index (χ0v) is 16.3. The molecule has 2 aliphatic carbocycles. The van der Waals surface area contributed by atoms with Crippen molar-refractivity contribution in [2.75, 3.05) is 13.7 Å². The van der Waals surface area contributed by atoms with Crippen LogP contribution in [0.5, 0.6) is 11.5 Å². The first kappa shape index (κ1) is 17.6. The van der Waals surface area contributed by atoms with Crippen LogP contribution in [0.25, 0.3) is 0 Å². The van der Waals surface area contributed by atoms with Gasteiger partial charge in [0.25, 0.3) is 5.91 Å². The Labute approximate surface area is 165 Å². The molecule has 4 bridgehead atoms. The Hall–Kier alpha value is -2.50. The molecule has 0 radical (unpaired) electrons. The Balaban J connectivity index is 1.27. The van der Waals surface area contributed by atoms with Gasteiger partial charge in [-0.1, -0.05) is 12.1 Å². The summed E-state index contributed by atoms with van der Waals surface area (Å²) in [5.41, 5.74) is 1.29. The standard InChI is InChI=1S/C22H27N3O3/c1-27-20-4-2-3-5-21(20)28-13-17-11-19(24-23-17)22(26)25-12-16-7-14-6-15(8-16)10-18(25)9-14/h2-5,11,14-16,18H,6-10,12-13H2,1H3,(H,23,24)/t14-,15+,16?,18?. The molecule has 4 atom stereocenters. The van der Waals surface area contributed by atoms with Gasteiger partial charge < -0.3 is 14.4 Å². The second kappa shape index (κ2) is 7.15. The van der Waals surface area contributed by atoms with E-state index in [0.717, 1.165) is 24.1 Å². The summed E-state index contributed by atoms with van der Waals surface area (Å²) >= 11 is 0. The van der Waals surface area contributed by atoms with Crippen molar-refractivity contribution in [1.82, 2.24) is 15.1 Å². The molecule has 2 saturated carbocycles. The SMILES string of the molecule is COc1ccccc1OCc1cc(C(=O)N2CC3C[C@@H]4CC2C[C@H](C3)C4)n[nH]1. The summed E-state index contributed by atoms with van der Waals surface area (Å²) in [7, 11) is 1.62. The van der Waals surface area contributed by atoms with Gasteiger partial charge in [-0.2, -0.15) is 5.10 Å². The van der Waals surface area contributed by atoms with E-state index in [1.807, 2.05) is 30.3 Å². The Morgan fingerprint density at radius 1 is 1.11 bits per heavy atom. The number of ether oxygens (including phenoxy) is 2. The summed E-state index contributed by atoms with van der Waals surface area (Å²) in [5.74, 6) is 3.75. The molecule has 0 spiro atoms. The minimum absolute atomic E-state index is 0.0676. The van der Waals surface area contributed by atoms with Crippen molar-refractivity contribution in [1.29, 1.82) is 0 Å².